The Hall–Kier alpha value is 0.110. The molecule has 1 unspecified atom stereocenters. The lowest BCUT2D eigenvalue weighted by atomic mass is 10.5. The monoisotopic (exact) mass is 149 g/mol. The molecule has 3 heteroatoms. The van der Waals surface area contributed by atoms with Crippen LogP contribution in [0.5, 0.6) is 0 Å². The van der Waals surface area contributed by atoms with Crippen LogP contribution >= 0.6 is 0 Å². The van der Waals surface area contributed by atoms with Crippen LogP contribution in [0.25, 0.3) is 0 Å². The Bertz CT molecular complexity index is 85.1. The number of hydrogen-bond acceptors (Lipinski definition) is 2. The van der Waals surface area contributed by atoms with Gasteiger partial charge in [0.25, 0.3) is 0 Å². The summed E-state index contributed by atoms with van der Waals surface area (Å²) < 4.78 is 10.5. The minimum Gasteiger partial charge on any atom is -0.317 e. The molecule has 0 aromatic rings. The van der Waals surface area contributed by atoms with Gasteiger partial charge in [0, 0.05) is 22.8 Å². The zero-order valence-electron chi connectivity index (χ0n) is 6.14. The second-order valence-corrected chi connectivity index (χ2v) is 3.54. The van der Waals surface area contributed by atoms with Crippen LogP contribution in [-0.2, 0) is 10.8 Å². The summed E-state index contributed by atoms with van der Waals surface area (Å²) in [4.78, 5) is 0. The second kappa shape index (κ2) is 6.23. The SMILES string of the molecule is CCNCCCS(C)=O. The highest BCUT2D eigenvalue weighted by molar-refractivity contribution is 7.84. The minimum atomic E-state index is -0.609. The molecule has 0 bridgehead atoms. The lowest BCUT2D eigenvalue weighted by Crippen LogP contribution is -2.15. The third-order valence-electron chi connectivity index (χ3n) is 1.04. The summed E-state index contributed by atoms with van der Waals surface area (Å²) in [6.07, 6.45) is 2.77. The Morgan fingerprint density at radius 3 is 2.67 bits per heavy atom. The molecule has 0 aliphatic rings. The normalized spacial score (nSPS) is 13.6. The summed E-state index contributed by atoms with van der Waals surface area (Å²) in [6.45, 7) is 4.08. The summed E-state index contributed by atoms with van der Waals surface area (Å²) in [5.41, 5.74) is 0. The maximum Gasteiger partial charge on any atom is 0.0244 e. The van der Waals surface area contributed by atoms with E-state index < -0.39 is 10.8 Å². The molecule has 0 saturated heterocycles. The molecule has 0 aliphatic heterocycles. The van der Waals surface area contributed by atoms with Gasteiger partial charge in [-0.15, -0.1) is 0 Å². The van der Waals surface area contributed by atoms with Crippen molar-refractivity contribution in [3.8, 4) is 0 Å². The van der Waals surface area contributed by atoms with Crippen LogP contribution in [0.3, 0.4) is 0 Å². The first-order valence-electron chi connectivity index (χ1n) is 3.28. The molecule has 0 fully saturated rings. The maximum absolute atomic E-state index is 10.5. The standard InChI is InChI=1S/C6H15NOS/c1-3-7-5-4-6-9(2)8/h7H,3-6H2,1-2H3. The zero-order valence-corrected chi connectivity index (χ0v) is 6.96. The Morgan fingerprint density at radius 2 is 2.22 bits per heavy atom. The van der Waals surface area contributed by atoms with Crippen LogP contribution in [-0.4, -0.2) is 29.3 Å². The fourth-order valence-corrected chi connectivity index (χ4v) is 1.13. The minimum absolute atomic E-state index is 0.609. The third kappa shape index (κ3) is 8.11. The molecule has 1 N–H and O–H groups in total. The number of nitrogens with one attached hydrogen (secondary N) is 1. The van der Waals surface area contributed by atoms with Gasteiger partial charge in [-0.1, -0.05) is 6.92 Å². The van der Waals surface area contributed by atoms with Crippen LogP contribution in [0.15, 0.2) is 0 Å². The van der Waals surface area contributed by atoms with E-state index in [1.807, 2.05) is 0 Å². The lowest BCUT2D eigenvalue weighted by Gasteiger charge is -1.97. The summed E-state index contributed by atoms with van der Waals surface area (Å²) in [5, 5.41) is 3.17. The van der Waals surface area contributed by atoms with Gasteiger partial charge < -0.3 is 5.32 Å². The van der Waals surface area contributed by atoms with Gasteiger partial charge >= 0.3 is 0 Å². The molecule has 0 saturated carbocycles. The van der Waals surface area contributed by atoms with Crippen molar-refractivity contribution in [3.63, 3.8) is 0 Å². The Kier molecular flexibility index (Phi) is 6.31. The van der Waals surface area contributed by atoms with Crippen molar-refractivity contribution >= 4 is 10.8 Å². The highest BCUT2D eigenvalue weighted by atomic mass is 32.2. The van der Waals surface area contributed by atoms with E-state index in [1.54, 1.807) is 6.26 Å². The molecule has 0 aromatic carbocycles. The number of hydrogen-bond donors (Lipinski definition) is 1. The molecule has 56 valence electrons. The molecule has 0 aromatic heterocycles. The van der Waals surface area contributed by atoms with Crippen molar-refractivity contribution < 1.29 is 4.21 Å². The Morgan fingerprint density at radius 1 is 1.56 bits per heavy atom. The van der Waals surface area contributed by atoms with E-state index in [4.69, 9.17) is 0 Å². The number of rotatable bonds is 5. The van der Waals surface area contributed by atoms with Crippen molar-refractivity contribution in [1.29, 1.82) is 0 Å². The Labute approximate surface area is 59.5 Å². The molecule has 0 aliphatic carbocycles. The molecule has 2 nitrogen and oxygen atoms in total. The van der Waals surface area contributed by atoms with Gasteiger partial charge in [0.2, 0.25) is 0 Å². The van der Waals surface area contributed by atoms with Crippen LogP contribution in [0.2, 0.25) is 0 Å². The maximum atomic E-state index is 10.5. The average Bonchev–Trinajstić information content (AvgIpc) is 1.80. The van der Waals surface area contributed by atoms with Gasteiger partial charge in [-0.2, -0.15) is 0 Å². The van der Waals surface area contributed by atoms with Crippen LogP contribution in [0.4, 0.5) is 0 Å². The van der Waals surface area contributed by atoms with Crippen molar-refractivity contribution in [2.24, 2.45) is 0 Å². The molecule has 0 spiro atoms. The lowest BCUT2D eigenvalue weighted by molar-refractivity contribution is 0.673. The highest BCUT2D eigenvalue weighted by Crippen LogP contribution is 1.80. The Balaban J connectivity index is 2.83. The van der Waals surface area contributed by atoms with E-state index >= 15 is 0 Å². The molecule has 0 radical (unpaired) electrons. The molecular weight excluding hydrogens is 134 g/mol. The first-order valence-corrected chi connectivity index (χ1v) is 5.00. The van der Waals surface area contributed by atoms with Gasteiger partial charge in [0.05, 0.1) is 0 Å². The van der Waals surface area contributed by atoms with Crippen molar-refractivity contribution in [3.05, 3.63) is 0 Å². The molecule has 0 rings (SSSR count). The molecule has 0 amide bonds. The summed E-state index contributed by atoms with van der Waals surface area (Å²) in [5.74, 6) is 0.826. The highest BCUT2D eigenvalue weighted by Gasteiger charge is 1.88. The van der Waals surface area contributed by atoms with Gasteiger partial charge in [0.15, 0.2) is 0 Å². The zero-order chi connectivity index (χ0) is 7.11. The molecule has 1 atom stereocenters. The van der Waals surface area contributed by atoms with Crippen molar-refractivity contribution in [2.45, 2.75) is 13.3 Å². The van der Waals surface area contributed by atoms with E-state index in [-0.39, 0.29) is 0 Å². The van der Waals surface area contributed by atoms with Crippen LogP contribution < -0.4 is 5.32 Å². The molecular formula is C6H15NOS. The topological polar surface area (TPSA) is 29.1 Å². The molecule has 9 heavy (non-hydrogen) atoms. The predicted molar refractivity (Wildman–Crippen MR) is 42.1 cm³/mol. The van der Waals surface area contributed by atoms with Crippen LogP contribution in [0.1, 0.15) is 13.3 Å². The van der Waals surface area contributed by atoms with Gasteiger partial charge in [-0.25, -0.2) is 0 Å². The predicted octanol–water partition coefficient (Wildman–Crippen LogP) is 0.365. The van der Waals surface area contributed by atoms with Crippen molar-refractivity contribution in [2.75, 3.05) is 25.1 Å². The fourth-order valence-electron chi connectivity index (χ4n) is 0.577. The van der Waals surface area contributed by atoms with E-state index in [0.29, 0.717) is 0 Å². The van der Waals surface area contributed by atoms with E-state index in [9.17, 15) is 4.21 Å². The second-order valence-electron chi connectivity index (χ2n) is 1.98. The first kappa shape index (κ1) is 9.11. The van der Waals surface area contributed by atoms with Gasteiger partial charge in [-0.05, 0) is 19.5 Å². The fraction of sp³-hybridized carbons (Fsp3) is 1.00. The first-order chi connectivity index (χ1) is 4.27. The quantitative estimate of drug-likeness (QED) is 0.572. The van der Waals surface area contributed by atoms with Gasteiger partial charge in [0.1, 0.15) is 0 Å². The van der Waals surface area contributed by atoms with E-state index in [1.165, 1.54) is 0 Å². The smallest absolute Gasteiger partial charge is 0.0244 e. The molecule has 0 heterocycles. The van der Waals surface area contributed by atoms with Crippen molar-refractivity contribution in [1.82, 2.24) is 5.32 Å². The summed E-state index contributed by atoms with van der Waals surface area (Å²) in [6, 6.07) is 0. The average molecular weight is 149 g/mol. The van der Waals surface area contributed by atoms with Gasteiger partial charge in [-0.3, -0.25) is 4.21 Å². The summed E-state index contributed by atoms with van der Waals surface area (Å²) >= 11 is 0. The van der Waals surface area contributed by atoms with Crippen LogP contribution in [0, 0.1) is 0 Å². The van der Waals surface area contributed by atoms with E-state index in [2.05, 4.69) is 12.2 Å². The summed E-state index contributed by atoms with van der Waals surface area (Å²) in [7, 11) is -0.609. The third-order valence-corrected chi connectivity index (χ3v) is 1.90. The van der Waals surface area contributed by atoms with E-state index in [0.717, 1.165) is 25.3 Å². The largest absolute Gasteiger partial charge is 0.317 e.